The van der Waals surface area contributed by atoms with E-state index in [1.807, 2.05) is 0 Å². The molecule has 7 nitrogen and oxygen atoms in total. The first-order valence-corrected chi connectivity index (χ1v) is 10.6. The van der Waals surface area contributed by atoms with Crippen molar-refractivity contribution < 1.29 is 4.79 Å². The van der Waals surface area contributed by atoms with E-state index in [1.165, 1.54) is 55.9 Å². The third-order valence-electron chi connectivity index (χ3n) is 6.57. The Morgan fingerprint density at radius 3 is 2.34 bits per heavy atom. The molecule has 1 aliphatic carbocycles. The highest BCUT2D eigenvalue weighted by Gasteiger charge is 2.39. The number of nitrogens with one attached hydrogen (secondary N) is 2. The quantitative estimate of drug-likeness (QED) is 0.396. The van der Waals surface area contributed by atoms with Crippen LogP contribution in [-0.2, 0) is 5.54 Å². The van der Waals surface area contributed by atoms with Crippen molar-refractivity contribution in [3.05, 3.63) is 53.3 Å². The van der Waals surface area contributed by atoms with Gasteiger partial charge >= 0.3 is 0 Å². The fourth-order valence-corrected chi connectivity index (χ4v) is 4.48. The SMILES string of the molecule is CCN1CCC(c2ccc(C3(Nc4ncc(C(=O)NN)cn4)CCC3)cc2)CC1. The van der Waals surface area contributed by atoms with Crippen molar-refractivity contribution in [1.29, 1.82) is 0 Å². The summed E-state index contributed by atoms with van der Waals surface area (Å²) < 4.78 is 0. The maximum absolute atomic E-state index is 11.6. The van der Waals surface area contributed by atoms with Crippen LogP contribution >= 0.6 is 0 Å². The van der Waals surface area contributed by atoms with Crippen LogP contribution < -0.4 is 16.6 Å². The number of carbonyl (C=O) groups excluding carboxylic acids is 1. The molecule has 2 fully saturated rings. The summed E-state index contributed by atoms with van der Waals surface area (Å²) in [6, 6.07) is 9.14. The summed E-state index contributed by atoms with van der Waals surface area (Å²) in [6.07, 6.45) is 8.76. The molecule has 7 heteroatoms. The van der Waals surface area contributed by atoms with Crippen LogP contribution in [0.4, 0.5) is 5.95 Å². The van der Waals surface area contributed by atoms with E-state index in [2.05, 4.69) is 56.8 Å². The van der Waals surface area contributed by atoms with Gasteiger partial charge in [-0.15, -0.1) is 0 Å². The number of carbonyl (C=O) groups is 1. The monoisotopic (exact) mass is 394 g/mol. The highest BCUT2D eigenvalue weighted by molar-refractivity contribution is 5.93. The Hall–Kier alpha value is -2.51. The molecular formula is C22H30N6O. The molecule has 154 valence electrons. The molecule has 1 saturated heterocycles. The Morgan fingerprint density at radius 2 is 1.83 bits per heavy atom. The van der Waals surface area contributed by atoms with Crippen LogP contribution in [0.5, 0.6) is 0 Å². The van der Waals surface area contributed by atoms with E-state index in [-0.39, 0.29) is 5.54 Å². The Labute approximate surface area is 172 Å². The summed E-state index contributed by atoms with van der Waals surface area (Å²) in [4.78, 5) is 22.7. The fourth-order valence-electron chi connectivity index (χ4n) is 4.48. The zero-order chi connectivity index (χ0) is 20.3. The lowest BCUT2D eigenvalue weighted by Crippen LogP contribution is -2.42. The standard InChI is InChI=1S/C22H30N6O/c1-2-28-12-8-17(9-13-28)16-4-6-19(7-5-16)22(10-3-11-22)26-21-24-14-18(15-25-21)20(29)27-23/h4-7,14-15,17H,2-3,8-13,23H2,1H3,(H,27,29)(H,24,25,26). The first-order valence-electron chi connectivity index (χ1n) is 10.6. The van der Waals surface area contributed by atoms with Crippen molar-refractivity contribution in [2.75, 3.05) is 25.0 Å². The number of piperidine rings is 1. The van der Waals surface area contributed by atoms with Crippen LogP contribution in [0.3, 0.4) is 0 Å². The normalized spacial score (nSPS) is 19.4. The molecule has 0 unspecified atom stereocenters. The van der Waals surface area contributed by atoms with Crippen LogP contribution in [-0.4, -0.2) is 40.4 Å². The third kappa shape index (κ3) is 4.11. The van der Waals surface area contributed by atoms with E-state index in [0.29, 0.717) is 17.4 Å². The van der Waals surface area contributed by atoms with Gasteiger partial charge in [0, 0.05) is 12.4 Å². The summed E-state index contributed by atoms with van der Waals surface area (Å²) in [5, 5.41) is 3.51. The molecule has 1 aromatic heterocycles. The summed E-state index contributed by atoms with van der Waals surface area (Å²) >= 11 is 0. The zero-order valence-corrected chi connectivity index (χ0v) is 17.0. The number of benzene rings is 1. The minimum absolute atomic E-state index is 0.123. The second-order valence-corrected chi connectivity index (χ2v) is 8.16. The molecule has 2 aromatic rings. The van der Waals surface area contributed by atoms with Gasteiger partial charge in [-0.2, -0.15) is 0 Å². The third-order valence-corrected chi connectivity index (χ3v) is 6.57. The van der Waals surface area contributed by atoms with Crippen molar-refractivity contribution >= 4 is 11.9 Å². The number of rotatable bonds is 6. The van der Waals surface area contributed by atoms with E-state index in [0.717, 1.165) is 19.4 Å². The lowest BCUT2D eigenvalue weighted by atomic mass is 9.71. The van der Waals surface area contributed by atoms with E-state index < -0.39 is 5.91 Å². The number of hydrazine groups is 1. The number of anilines is 1. The first kappa shape index (κ1) is 19.8. The molecular weight excluding hydrogens is 364 g/mol. The van der Waals surface area contributed by atoms with E-state index in [9.17, 15) is 4.79 Å². The topological polar surface area (TPSA) is 96.2 Å². The number of hydrogen-bond donors (Lipinski definition) is 3. The van der Waals surface area contributed by atoms with Gasteiger partial charge in [0.1, 0.15) is 0 Å². The van der Waals surface area contributed by atoms with Crippen LogP contribution in [0.15, 0.2) is 36.7 Å². The average Bonchev–Trinajstić information content (AvgIpc) is 2.76. The van der Waals surface area contributed by atoms with E-state index in [1.54, 1.807) is 0 Å². The second-order valence-electron chi connectivity index (χ2n) is 8.16. The zero-order valence-electron chi connectivity index (χ0n) is 17.0. The Kier molecular flexibility index (Phi) is 5.78. The second kappa shape index (κ2) is 8.47. The van der Waals surface area contributed by atoms with Crippen molar-refractivity contribution in [2.45, 2.75) is 50.5 Å². The maximum atomic E-state index is 11.6. The van der Waals surface area contributed by atoms with Crippen molar-refractivity contribution in [1.82, 2.24) is 20.3 Å². The van der Waals surface area contributed by atoms with Crippen molar-refractivity contribution in [2.24, 2.45) is 5.84 Å². The molecule has 0 atom stereocenters. The molecule has 4 N–H and O–H groups in total. The van der Waals surface area contributed by atoms with Gasteiger partial charge in [-0.05, 0) is 68.8 Å². The number of amides is 1. The molecule has 1 aromatic carbocycles. The minimum Gasteiger partial charge on any atom is -0.345 e. The number of nitrogen functional groups attached to an aromatic ring is 1. The minimum atomic E-state index is -0.393. The number of hydrogen-bond acceptors (Lipinski definition) is 6. The highest BCUT2D eigenvalue weighted by atomic mass is 16.2. The van der Waals surface area contributed by atoms with Gasteiger partial charge < -0.3 is 10.2 Å². The molecule has 1 amide bonds. The molecule has 2 aliphatic rings. The van der Waals surface area contributed by atoms with Crippen LogP contribution in [0, 0.1) is 0 Å². The molecule has 0 bridgehead atoms. The average molecular weight is 395 g/mol. The van der Waals surface area contributed by atoms with Gasteiger partial charge in [0.15, 0.2) is 0 Å². The fraction of sp³-hybridized carbons (Fsp3) is 0.500. The van der Waals surface area contributed by atoms with Gasteiger partial charge in [0.2, 0.25) is 5.95 Å². The van der Waals surface area contributed by atoms with Gasteiger partial charge in [-0.3, -0.25) is 10.2 Å². The Bertz CT molecular complexity index is 823. The maximum Gasteiger partial charge on any atom is 0.268 e. The van der Waals surface area contributed by atoms with Gasteiger partial charge in [-0.1, -0.05) is 31.2 Å². The first-order chi connectivity index (χ1) is 14.1. The smallest absolute Gasteiger partial charge is 0.268 e. The molecule has 1 saturated carbocycles. The van der Waals surface area contributed by atoms with Crippen LogP contribution in [0.25, 0.3) is 0 Å². The molecule has 29 heavy (non-hydrogen) atoms. The molecule has 4 rings (SSSR count). The lowest BCUT2D eigenvalue weighted by Gasteiger charge is -2.43. The van der Waals surface area contributed by atoms with Crippen molar-refractivity contribution in [3.63, 3.8) is 0 Å². The highest BCUT2D eigenvalue weighted by Crippen LogP contribution is 2.44. The van der Waals surface area contributed by atoms with Crippen LogP contribution in [0.1, 0.15) is 66.4 Å². The largest absolute Gasteiger partial charge is 0.345 e. The molecule has 0 spiro atoms. The Balaban J connectivity index is 1.45. The van der Waals surface area contributed by atoms with E-state index in [4.69, 9.17) is 5.84 Å². The molecule has 2 heterocycles. The number of aromatic nitrogens is 2. The predicted molar refractivity (Wildman–Crippen MR) is 113 cm³/mol. The van der Waals surface area contributed by atoms with Gasteiger partial charge in [0.05, 0.1) is 11.1 Å². The van der Waals surface area contributed by atoms with Gasteiger partial charge in [-0.25, -0.2) is 15.8 Å². The Morgan fingerprint density at radius 1 is 1.17 bits per heavy atom. The summed E-state index contributed by atoms with van der Waals surface area (Å²) in [7, 11) is 0. The summed E-state index contributed by atoms with van der Waals surface area (Å²) in [6.45, 7) is 5.79. The molecule has 1 aliphatic heterocycles. The van der Waals surface area contributed by atoms with Crippen LogP contribution in [0.2, 0.25) is 0 Å². The number of likely N-dealkylation sites (tertiary alicyclic amines) is 1. The van der Waals surface area contributed by atoms with Crippen molar-refractivity contribution in [3.8, 4) is 0 Å². The van der Waals surface area contributed by atoms with E-state index >= 15 is 0 Å². The van der Waals surface area contributed by atoms with Gasteiger partial charge in [0.25, 0.3) is 5.91 Å². The summed E-state index contributed by atoms with van der Waals surface area (Å²) in [5.41, 5.74) is 5.05. The molecule has 0 radical (unpaired) electrons. The predicted octanol–water partition coefficient (Wildman–Crippen LogP) is 2.77. The number of nitrogens with zero attached hydrogens (tertiary/aromatic N) is 3. The summed E-state index contributed by atoms with van der Waals surface area (Å²) in [5.74, 6) is 5.97. The lowest BCUT2D eigenvalue weighted by molar-refractivity contribution is 0.0953. The number of nitrogens with two attached hydrogens (primary N) is 1.